The molecule has 0 aromatic heterocycles. The lowest BCUT2D eigenvalue weighted by molar-refractivity contribution is -0.122. The zero-order chi connectivity index (χ0) is 16.1. The number of hydrogen-bond donors (Lipinski definition) is 1. The van der Waals surface area contributed by atoms with Gasteiger partial charge >= 0.3 is 0 Å². The molecule has 22 heavy (non-hydrogen) atoms. The van der Waals surface area contributed by atoms with Crippen LogP contribution in [-0.2, 0) is 11.2 Å². The van der Waals surface area contributed by atoms with E-state index in [9.17, 15) is 4.79 Å². The monoisotopic (exact) mass is 337 g/mol. The molecule has 2 rings (SSSR count). The fraction of sp³-hybridized carbons (Fsp3) is 0.235. The van der Waals surface area contributed by atoms with Crippen molar-refractivity contribution < 1.29 is 9.53 Å². The first-order valence-corrected chi connectivity index (χ1v) is 7.76. The average Bonchev–Trinajstić information content (AvgIpc) is 2.46. The highest BCUT2D eigenvalue weighted by Gasteiger charge is 2.15. The van der Waals surface area contributed by atoms with Crippen molar-refractivity contribution in [2.75, 3.05) is 5.32 Å². The van der Waals surface area contributed by atoms with E-state index >= 15 is 0 Å². The molecule has 5 heteroatoms. The van der Waals surface area contributed by atoms with Crippen LogP contribution in [-0.4, -0.2) is 12.0 Å². The van der Waals surface area contributed by atoms with E-state index in [1.807, 2.05) is 24.3 Å². The predicted octanol–water partition coefficient (Wildman–Crippen LogP) is 4.96. The Hall–Kier alpha value is -1.71. The van der Waals surface area contributed by atoms with E-state index in [2.05, 4.69) is 12.2 Å². The lowest BCUT2D eigenvalue weighted by Crippen LogP contribution is -2.30. The van der Waals surface area contributed by atoms with E-state index in [0.717, 1.165) is 12.1 Å². The Kier molecular flexibility index (Phi) is 5.69. The maximum Gasteiger partial charge on any atom is 0.265 e. The summed E-state index contributed by atoms with van der Waals surface area (Å²) in [5.41, 5.74) is 1.96. The Balaban J connectivity index is 1.99. The lowest BCUT2D eigenvalue weighted by atomic mass is 10.1. The van der Waals surface area contributed by atoms with Gasteiger partial charge in [0.2, 0.25) is 0 Å². The van der Waals surface area contributed by atoms with Gasteiger partial charge in [-0.25, -0.2) is 0 Å². The van der Waals surface area contributed by atoms with Gasteiger partial charge < -0.3 is 10.1 Å². The predicted molar refractivity (Wildman–Crippen MR) is 91.0 cm³/mol. The molecule has 0 aliphatic carbocycles. The van der Waals surface area contributed by atoms with Crippen LogP contribution in [0.2, 0.25) is 10.0 Å². The summed E-state index contributed by atoms with van der Waals surface area (Å²) in [6.45, 7) is 3.75. The number of carbonyl (C=O) groups excluding carboxylic acids is 1. The van der Waals surface area contributed by atoms with Crippen LogP contribution in [0, 0.1) is 0 Å². The van der Waals surface area contributed by atoms with Crippen LogP contribution in [0.1, 0.15) is 19.4 Å². The normalized spacial score (nSPS) is 11.8. The van der Waals surface area contributed by atoms with Gasteiger partial charge in [-0.05, 0) is 49.2 Å². The number of benzene rings is 2. The van der Waals surface area contributed by atoms with Gasteiger partial charge in [-0.2, -0.15) is 0 Å². The number of anilines is 1. The van der Waals surface area contributed by atoms with Crippen LogP contribution in [0.3, 0.4) is 0 Å². The van der Waals surface area contributed by atoms with Crippen molar-refractivity contribution in [2.45, 2.75) is 26.4 Å². The van der Waals surface area contributed by atoms with Crippen molar-refractivity contribution in [1.82, 2.24) is 0 Å². The fourth-order valence-electron chi connectivity index (χ4n) is 1.92. The van der Waals surface area contributed by atoms with E-state index in [1.54, 1.807) is 25.1 Å². The molecular formula is C17H17Cl2NO2. The molecule has 0 aliphatic heterocycles. The van der Waals surface area contributed by atoms with Crippen LogP contribution in [0.4, 0.5) is 5.69 Å². The van der Waals surface area contributed by atoms with Gasteiger partial charge in [0.1, 0.15) is 5.75 Å². The second-order valence-electron chi connectivity index (χ2n) is 4.90. The maximum absolute atomic E-state index is 12.1. The zero-order valence-corrected chi connectivity index (χ0v) is 13.9. The van der Waals surface area contributed by atoms with Crippen LogP contribution in [0.15, 0.2) is 42.5 Å². The third-order valence-corrected chi connectivity index (χ3v) is 3.58. The number of halogens is 2. The van der Waals surface area contributed by atoms with E-state index in [0.29, 0.717) is 15.8 Å². The highest BCUT2D eigenvalue weighted by molar-refractivity contribution is 6.34. The molecule has 1 atom stereocenters. The molecule has 0 radical (unpaired) electrons. The van der Waals surface area contributed by atoms with Crippen molar-refractivity contribution in [3.05, 3.63) is 58.1 Å². The summed E-state index contributed by atoms with van der Waals surface area (Å²) >= 11 is 11.8. The maximum atomic E-state index is 12.1. The van der Waals surface area contributed by atoms with Gasteiger partial charge in [0, 0.05) is 15.7 Å². The Morgan fingerprint density at radius 1 is 1.14 bits per heavy atom. The van der Waals surface area contributed by atoms with E-state index < -0.39 is 6.10 Å². The van der Waals surface area contributed by atoms with Crippen molar-refractivity contribution in [3.8, 4) is 5.75 Å². The number of rotatable bonds is 5. The summed E-state index contributed by atoms with van der Waals surface area (Å²) in [6.07, 6.45) is 0.295. The molecule has 1 N–H and O–H groups in total. The standard InChI is InChI=1S/C17H17Cl2NO2/c1-3-12-4-6-15(7-5-12)20-17(21)11(2)22-16-9-13(18)8-14(19)10-16/h4-11H,3H2,1-2H3,(H,20,21)/t11-/m1/s1. The Labute approximate surface area is 140 Å². The smallest absolute Gasteiger partial charge is 0.265 e. The highest BCUT2D eigenvalue weighted by Crippen LogP contribution is 2.25. The van der Waals surface area contributed by atoms with E-state index in [-0.39, 0.29) is 5.91 Å². The molecule has 0 bridgehead atoms. The zero-order valence-electron chi connectivity index (χ0n) is 12.4. The van der Waals surface area contributed by atoms with Gasteiger partial charge in [-0.15, -0.1) is 0 Å². The summed E-state index contributed by atoms with van der Waals surface area (Å²) in [5.74, 6) is 0.224. The number of amides is 1. The molecule has 0 heterocycles. The van der Waals surface area contributed by atoms with Crippen LogP contribution in [0.25, 0.3) is 0 Å². The van der Waals surface area contributed by atoms with Gasteiger partial charge in [-0.3, -0.25) is 4.79 Å². The molecule has 116 valence electrons. The second-order valence-corrected chi connectivity index (χ2v) is 5.78. The number of nitrogens with one attached hydrogen (secondary N) is 1. The molecule has 0 spiro atoms. The minimum atomic E-state index is -0.666. The van der Waals surface area contributed by atoms with E-state index in [1.165, 1.54) is 5.56 Å². The molecular weight excluding hydrogens is 321 g/mol. The second kappa shape index (κ2) is 7.52. The summed E-state index contributed by atoms with van der Waals surface area (Å²) < 4.78 is 5.57. The Morgan fingerprint density at radius 3 is 2.27 bits per heavy atom. The molecule has 0 saturated carbocycles. The van der Waals surface area contributed by atoms with Crippen molar-refractivity contribution in [1.29, 1.82) is 0 Å². The van der Waals surface area contributed by atoms with Crippen molar-refractivity contribution in [2.24, 2.45) is 0 Å². The van der Waals surface area contributed by atoms with Crippen LogP contribution in [0.5, 0.6) is 5.75 Å². The van der Waals surface area contributed by atoms with Gasteiger partial charge in [-0.1, -0.05) is 42.3 Å². The SMILES string of the molecule is CCc1ccc(NC(=O)[C@@H](C)Oc2cc(Cl)cc(Cl)c2)cc1. The molecule has 2 aromatic carbocycles. The fourth-order valence-corrected chi connectivity index (χ4v) is 2.43. The third-order valence-electron chi connectivity index (χ3n) is 3.15. The van der Waals surface area contributed by atoms with Crippen LogP contribution >= 0.6 is 23.2 Å². The van der Waals surface area contributed by atoms with Crippen LogP contribution < -0.4 is 10.1 Å². The molecule has 1 amide bonds. The third kappa shape index (κ3) is 4.65. The largest absolute Gasteiger partial charge is 0.481 e. The van der Waals surface area contributed by atoms with Gasteiger partial charge in [0.05, 0.1) is 0 Å². The summed E-state index contributed by atoms with van der Waals surface area (Å²) in [7, 11) is 0. The first-order chi connectivity index (χ1) is 10.5. The summed E-state index contributed by atoms with van der Waals surface area (Å²) in [6, 6.07) is 12.6. The number of hydrogen-bond acceptors (Lipinski definition) is 2. The number of ether oxygens (including phenoxy) is 1. The number of aryl methyl sites for hydroxylation is 1. The number of carbonyl (C=O) groups is 1. The van der Waals surface area contributed by atoms with Crippen molar-refractivity contribution >= 4 is 34.8 Å². The summed E-state index contributed by atoms with van der Waals surface area (Å²) in [4.78, 5) is 12.1. The minimum absolute atomic E-state index is 0.236. The first-order valence-electron chi connectivity index (χ1n) is 7.00. The molecule has 0 fully saturated rings. The van der Waals surface area contributed by atoms with E-state index in [4.69, 9.17) is 27.9 Å². The first kappa shape index (κ1) is 16.7. The quantitative estimate of drug-likeness (QED) is 0.837. The minimum Gasteiger partial charge on any atom is -0.481 e. The molecule has 3 nitrogen and oxygen atoms in total. The highest BCUT2D eigenvalue weighted by atomic mass is 35.5. The molecule has 0 aliphatic rings. The lowest BCUT2D eigenvalue weighted by Gasteiger charge is -2.15. The van der Waals surface area contributed by atoms with Gasteiger partial charge in [0.15, 0.2) is 6.10 Å². The molecule has 2 aromatic rings. The Bertz CT molecular complexity index is 636. The Morgan fingerprint density at radius 2 is 1.73 bits per heavy atom. The molecule has 0 saturated heterocycles. The topological polar surface area (TPSA) is 38.3 Å². The summed E-state index contributed by atoms with van der Waals surface area (Å²) in [5, 5.41) is 3.74. The molecule has 0 unspecified atom stereocenters. The van der Waals surface area contributed by atoms with Crippen molar-refractivity contribution in [3.63, 3.8) is 0 Å². The average molecular weight is 338 g/mol. The van der Waals surface area contributed by atoms with Gasteiger partial charge in [0.25, 0.3) is 5.91 Å².